The summed E-state index contributed by atoms with van der Waals surface area (Å²) < 4.78 is 5.35. The first-order valence-corrected chi connectivity index (χ1v) is 6.84. The molecule has 6 nitrogen and oxygen atoms in total. The van der Waals surface area contributed by atoms with Crippen LogP contribution in [0.15, 0.2) is 29.0 Å². The average Bonchev–Trinajstić information content (AvgIpc) is 2.98. The fourth-order valence-electron chi connectivity index (χ4n) is 2.68. The molecule has 0 spiro atoms. The van der Waals surface area contributed by atoms with Gasteiger partial charge in [0.25, 0.3) is 0 Å². The first-order valence-electron chi connectivity index (χ1n) is 6.84. The largest absolute Gasteiger partial charge is 0.368 e. The molecule has 0 aliphatic heterocycles. The van der Waals surface area contributed by atoms with E-state index in [1.807, 2.05) is 12.1 Å². The highest BCUT2D eigenvalue weighted by Crippen LogP contribution is 2.36. The lowest BCUT2D eigenvalue weighted by Gasteiger charge is -2.27. The molecule has 6 heteroatoms. The van der Waals surface area contributed by atoms with Crippen molar-refractivity contribution in [2.75, 3.05) is 0 Å². The third-order valence-electron chi connectivity index (χ3n) is 3.92. The molecule has 0 radical (unpaired) electrons. The van der Waals surface area contributed by atoms with E-state index in [1.165, 1.54) is 0 Å². The van der Waals surface area contributed by atoms with Crippen LogP contribution in [0.25, 0.3) is 11.4 Å². The fourth-order valence-corrected chi connectivity index (χ4v) is 2.68. The van der Waals surface area contributed by atoms with E-state index in [-0.39, 0.29) is 11.8 Å². The van der Waals surface area contributed by atoms with Crippen molar-refractivity contribution in [3.63, 3.8) is 0 Å². The molecule has 2 aromatic heterocycles. The summed E-state index contributed by atoms with van der Waals surface area (Å²) in [5, 5.41) is 22.4. The van der Waals surface area contributed by atoms with E-state index in [0.717, 1.165) is 31.2 Å². The molecule has 3 rings (SSSR count). The van der Waals surface area contributed by atoms with Crippen molar-refractivity contribution in [2.45, 2.75) is 37.9 Å². The van der Waals surface area contributed by atoms with Crippen LogP contribution in [0.1, 0.15) is 37.5 Å². The number of rotatable bonds is 3. The SMILES string of the molecule is OC(O)C1CCC(c2nc(-c3ccncc3)no2)CC1. The van der Waals surface area contributed by atoms with Crippen molar-refractivity contribution < 1.29 is 14.7 Å². The summed E-state index contributed by atoms with van der Waals surface area (Å²) in [6.07, 6.45) is 5.41. The average molecular weight is 275 g/mol. The van der Waals surface area contributed by atoms with Gasteiger partial charge in [-0.15, -0.1) is 0 Å². The number of pyridine rings is 1. The van der Waals surface area contributed by atoms with Gasteiger partial charge in [0.15, 0.2) is 6.29 Å². The summed E-state index contributed by atoms with van der Waals surface area (Å²) in [4.78, 5) is 8.40. The van der Waals surface area contributed by atoms with E-state index in [9.17, 15) is 10.2 Å². The van der Waals surface area contributed by atoms with Crippen molar-refractivity contribution in [1.82, 2.24) is 15.1 Å². The van der Waals surface area contributed by atoms with E-state index in [1.54, 1.807) is 12.4 Å². The van der Waals surface area contributed by atoms with Crippen LogP contribution in [0, 0.1) is 5.92 Å². The van der Waals surface area contributed by atoms with Gasteiger partial charge < -0.3 is 14.7 Å². The van der Waals surface area contributed by atoms with Crippen LogP contribution in [-0.4, -0.2) is 31.6 Å². The Kier molecular flexibility index (Phi) is 3.75. The Morgan fingerprint density at radius 2 is 1.80 bits per heavy atom. The van der Waals surface area contributed by atoms with Gasteiger partial charge >= 0.3 is 0 Å². The van der Waals surface area contributed by atoms with E-state index >= 15 is 0 Å². The molecular weight excluding hydrogens is 258 g/mol. The van der Waals surface area contributed by atoms with Gasteiger partial charge in [0.2, 0.25) is 11.7 Å². The Balaban J connectivity index is 1.69. The topological polar surface area (TPSA) is 92.3 Å². The second kappa shape index (κ2) is 5.68. The van der Waals surface area contributed by atoms with Crippen LogP contribution < -0.4 is 0 Å². The molecular formula is C14H17N3O3. The molecule has 106 valence electrons. The predicted octanol–water partition coefficient (Wildman–Crippen LogP) is 1.72. The number of aromatic nitrogens is 3. The fraction of sp³-hybridized carbons (Fsp3) is 0.500. The molecule has 0 amide bonds. The van der Waals surface area contributed by atoms with Crippen molar-refractivity contribution in [2.24, 2.45) is 5.92 Å². The first-order chi connectivity index (χ1) is 9.74. The quantitative estimate of drug-likeness (QED) is 0.828. The van der Waals surface area contributed by atoms with Gasteiger partial charge in [-0.3, -0.25) is 4.98 Å². The lowest BCUT2D eigenvalue weighted by molar-refractivity contribution is -0.0942. The van der Waals surface area contributed by atoms with Crippen LogP contribution in [0.4, 0.5) is 0 Å². The molecule has 0 saturated heterocycles. The van der Waals surface area contributed by atoms with Crippen molar-refractivity contribution in [1.29, 1.82) is 0 Å². The second-order valence-corrected chi connectivity index (χ2v) is 5.22. The minimum atomic E-state index is -1.22. The summed E-state index contributed by atoms with van der Waals surface area (Å²) in [7, 11) is 0. The third kappa shape index (κ3) is 2.71. The van der Waals surface area contributed by atoms with Crippen LogP contribution in [0.2, 0.25) is 0 Å². The molecule has 1 aliphatic carbocycles. The molecule has 0 unspecified atom stereocenters. The van der Waals surface area contributed by atoms with Crippen molar-refractivity contribution in [3.05, 3.63) is 30.4 Å². The Morgan fingerprint density at radius 1 is 1.10 bits per heavy atom. The van der Waals surface area contributed by atoms with E-state index in [0.29, 0.717) is 11.7 Å². The Labute approximate surface area is 116 Å². The summed E-state index contributed by atoms with van der Waals surface area (Å²) in [6.45, 7) is 0. The van der Waals surface area contributed by atoms with Crippen LogP contribution in [0.3, 0.4) is 0 Å². The number of aliphatic hydroxyl groups is 2. The molecule has 2 heterocycles. The van der Waals surface area contributed by atoms with Crippen LogP contribution >= 0.6 is 0 Å². The lowest BCUT2D eigenvalue weighted by atomic mass is 9.81. The molecule has 20 heavy (non-hydrogen) atoms. The molecule has 1 aliphatic rings. The van der Waals surface area contributed by atoms with Crippen LogP contribution in [0.5, 0.6) is 0 Å². The van der Waals surface area contributed by atoms with Crippen molar-refractivity contribution >= 4 is 0 Å². The maximum Gasteiger partial charge on any atom is 0.230 e. The summed E-state index contributed by atoms with van der Waals surface area (Å²) in [5.74, 6) is 1.40. The Morgan fingerprint density at radius 3 is 2.45 bits per heavy atom. The number of hydrogen-bond acceptors (Lipinski definition) is 6. The summed E-state index contributed by atoms with van der Waals surface area (Å²) in [5.41, 5.74) is 0.884. The zero-order valence-electron chi connectivity index (χ0n) is 11.0. The minimum Gasteiger partial charge on any atom is -0.368 e. The molecule has 0 atom stereocenters. The normalized spacial score (nSPS) is 23.1. The Bertz CT molecular complexity index is 548. The van der Waals surface area contributed by atoms with Gasteiger partial charge in [0.1, 0.15) is 0 Å². The predicted molar refractivity (Wildman–Crippen MR) is 70.5 cm³/mol. The van der Waals surface area contributed by atoms with Gasteiger partial charge in [0, 0.05) is 29.8 Å². The van der Waals surface area contributed by atoms with E-state index < -0.39 is 6.29 Å². The summed E-state index contributed by atoms with van der Waals surface area (Å²) >= 11 is 0. The van der Waals surface area contributed by atoms with E-state index in [2.05, 4.69) is 15.1 Å². The highest BCUT2D eigenvalue weighted by molar-refractivity contribution is 5.52. The highest BCUT2D eigenvalue weighted by atomic mass is 16.5. The highest BCUT2D eigenvalue weighted by Gasteiger charge is 2.29. The minimum absolute atomic E-state index is 0.0335. The lowest BCUT2D eigenvalue weighted by Crippen LogP contribution is -2.24. The van der Waals surface area contributed by atoms with Crippen LogP contribution in [-0.2, 0) is 0 Å². The van der Waals surface area contributed by atoms with Gasteiger partial charge in [-0.2, -0.15) is 4.98 Å². The van der Waals surface area contributed by atoms with Gasteiger partial charge in [-0.25, -0.2) is 0 Å². The zero-order valence-corrected chi connectivity index (χ0v) is 11.0. The second-order valence-electron chi connectivity index (χ2n) is 5.22. The Hall–Kier alpha value is -1.79. The maximum absolute atomic E-state index is 9.18. The number of nitrogens with zero attached hydrogens (tertiary/aromatic N) is 3. The zero-order chi connectivity index (χ0) is 13.9. The molecule has 1 saturated carbocycles. The summed E-state index contributed by atoms with van der Waals surface area (Å²) in [6, 6.07) is 3.68. The first kappa shape index (κ1) is 13.2. The van der Waals surface area contributed by atoms with Crippen molar-refractivity contribution in [3.8, 4) is 11.4 Å². The molecule has 1 fully saturated rings. The van der Waals surface area contributed by atoms with Gasteiger partial charge in [-0.05, 0) is 37.8 Å². The maximum atomic E-state index is 9.18. The number of hydrogen-bond donors (Lipinski definition) is 2. The molecule has 2 aromatic rings. The van der Waals surface area contributed by atoms with Gasteiger partial charge in [-0.1, -0.05) is 5.16 Å². The molecule has 0 aromatic carbocycles. The number of aliphatic hydroxyl groups excluding tert-OH is 1. The van der Waals surface area contributed by atoms with Gasteiger partial charge in [0.05, 0.1) is 0 Å². The van der Waals surface area contributed by atoms with E-state index in [4.69, 9.17) is 4.52 Å². The third-order valence-corrected chi connectivity index (χ3v) is 3.92. The smallest absolute Gasteiger partial charge is 0.230 e. The molecule has 2 N–H and O–H groups in total. The standard InChI is InChI=1S/C14H17N3O3/c18-14(19)11-3-1-10(2-4-11)13-16-12(17-20-13)9-5-7-15-8-6-9/h5-8,10-11,14,18-19H,1-4H2. The molecule has 0 bridgehead atoms. The monoisotopic (exact) mass is 275 g/mol.